The van der Waals surface area contributed by atoms with Crippen LogP contribution in [0.4, 0.5) is 10.5 Å². The second kappa shape index (κ2) is 15.8. The highest BCUT2D eigenvalue weighted by atomic mass is 79.9. The average Bonchev–Trinajstić information content (AvgIpc) is 2.87. The Balaban J connectivity index is 2.78. The first-order valence-electron chi connectivity index (χ1n) is 11.8. The molecule has 0 aliphatic rings. The lowest BCUT2D eigenvalue weighted by atomic mass is 10.1. The number of nitro benzene ring substituents is 1. The molecule has 1 aromatic carbocycles. The Hall–Kier alpha value is -2.46. The van der Waals surface area contributed by atoms with Crippen molar-refractivity contribution in [1.29, 1.82) is 0 Å². The molecule has 15 heteroatoms. The van der Waals surface area contributed by atoms with E-state index in [-0.39, 0.29) is 42.5 Å². The summed E-state index contributed by atoms with van der Waals surface area (Å²) in [6.45, 7) is 5.35. The highest BCUT2D eigenvalue weighted by Gasteiger charge is 2.37. The molecule has 0 fully saturated rings. The van der Waals surface area contributed by atoms with E-state index in [2.05, 4.69) is 21.2 Å². The van der Waals surface area contributed by atoms with Crippen LogP contribution in [0.3, 0.4) is 0 Å². The number of nitro groups is 1. The van der Waals surface area contributed by atoms with Gasteiger partial charge in [0.1, 0.15) is 10.4 Å². The van der Waals surface area contributed by atoms with Gasteiger partial charge >= 0.3 is 20.9 Å². The Kier molecular flexibility index (Phi) is 14.0. The van der Waals surface area contributed by atoms with E-state index < -0.39 is 36.2 Å². The molecule has 1 rings (SSSR count). The summed E-state index contributed by atoms with van der Waals surface area (Å²) in [7, 11) is 3.14. The quantitative estimate of drug-likeness (QED) is 0.0663. The molecule has 1 atom stereocenters. The summed E-state index contributed by atoms with van der Waals surface area (Å²) < 4.78 is 36.7. The van der Waals surface area contributed by atoms with Gasteiger partial charge in [0, 0.05) is 40.3 Å². The number of benzene rings is 1. The number of esters is 1. The minimum Gasteiger partial charge on any atom is -0.493 e. The molecule has 0 spiro atoms. The number of carbonyl (C=O) groups excluding carboxylic acids is 2. The molecule has 0 radical (unpaired) electrons. The van der Waals surface area contributed by atoms with Crippen molar-refractivity contribution < 1.29 is 46.7 Å². The van der Waals surface area contributed by atoms with Crippen LogP contribution in [0.15, 0.2) is 12.1 Å². The third-order valence-electron chi connectivity index (χ3n) is 5.36. The fourth-order valence-electron chi connectivity index (χ4n) is 3.22. The number of nitrogens with zero attached hydrogens (tertiary/aromatic N) is 1. The maximum Gasteiger partial charge on any atom is 0.500 e. The molecule has 216 valence electrons. The SMILES string of the molecule is COc1cc(C(C)OC(=O)NCCC[Si](OC)(OC)OC)c([N+](=O)[O-])cc1OCCCOC(=O)C(C)(C)Br. The fourth-order valence-corrected chi connectivity index (χ4v) is 5.05. The highest BCUT2D eigenvalue weighted by Crippen LogP contribution is 2.38. The van der Waals surface area contributed by atoms with Crippen molar-refractivity contribution in [3.8, 4) is 11.5 Å². The molecule has 13 nitrogen and oxygen atoms in total. The van der Waals surface area contributed by atoms with Crippen LogP contribution in [-0.4, -0.2) is 78.3 Å². The molecule has 0 aromatic heterocycles. The van der Waals surface area contributed by atoms with Crippen LogP contribution in [0.25, 0.3) is 0 Å². The van der Waals surface area contributed by atoms with Gasteiger partial charge in [-0.05, 0) is 33.3 Å². The lowest BCUT2D eigenvalue weighted by molar-refractivity contribution is -0.386. The number of amides is 1. The summed E-state index contributed by atoms with van der Waals surface area (Å²) in [5, 5.41) is 14.4. The van der Waals surface area contributed by atoms with Crippen molar-refractivity contribution in [3.63, 3.8) is 0 Å². The van der Waals surface area contributed by atoms with Crippen LogP contribution in [0.1, 0.15) is 45.3 Å². The van der Waals surface area contributed by atoms with Gasteiger partial charge in [-0.3, -0.25) is 14.9 Å². The number of rotatable bonds is 17. The normalized spacial score (nSPS) is 12.4. The second-order valence-electron chi connectivity index (χ2n) is 8.50. The lowest BCUT2D eigenvalue weighted by Gasteiger charge is -2.24. The number of methoxy groups -OCH3 is 1. The minimum absolute atomic E-state index is 0.113. The zero-order chi connectivity index (χ0) is 28.9. The van der Waals surface area contributed by atoms with Gasteiger partial charge in [0.15, 0.2) is 11.5 Å². The second-order valence-corrected chi connectivity index (χ2v) is 13.6. The van der Waals surface area contributed by atoms with Crippen LogP contribution in [-0.2, 0) is 27.5 Å². The minimum atomic E-state index is -2.75. The third-order valence-corrected chi connectivity index (χ3v) is 8.51. The maximum absolute atomic E-state index is 12.3. The number of halogens is 1. The Morgan fingerprint density at radius 1 is 1.08 bits per heavy atom. The van der Waals surface area contributed by atoms with E-state index in [9.17, 15) is 19.7 Å². The summed E-state index contributed by atoms with van der Waals surface area (Å²) in [4.78, 5) is 35.2. The van der Waals surface area contributed by atoms with E-state index in [1.807, 2.05) is 0 Å². The molecule has 0 aliphatic carbocycles. The molecule has 0 bridgehead atoms. The van der Waals surface area contributed by atoms with Gasteiger partial charge in [-0.15, -0.1) is 0 Å². The molecule has 1 amide bonds. The van der Waals surface area contributed by atoms with Gasteiger partial charge in [-0.1, -0.05) is 15.9 Å². The van der Waals surface area contributed by atoms with E-state index in [1.165, 1.54) is 47.5 Å². The predicted molar refractivity (Wildman–Crippen MR) is 143 cm³/mol. The van der Waals surface area contributed by atoms with Crippen LogP contribution < -0.4 is 14.8 Å². The molecule has 38 heavy (non-hydrogen) atoms. The van der Waals surface area contributed by atoms with E-state index in [4.69, 9.17) is 32.2 Å². The first-order chi connectivity index (χ1) is 17.8. The van der Waals surface area contributed by atoms with E-state index in [0.29, 0.717) is 18.9 Å². The van der Waals surface area contributed by atoms with E-state index >= 15 is 0 Å². The van der Waals surface area contributed by atoms with E-state index in [0.717, 1.165) is 0 Å². The molecule has 0 aliphatic heterocycles. The molecule has 0 heterocycles. The van der Waals surface area contributed by atoms with Gasteiger partial charge in [-0.2, -0.15) is 0 Å². The van der Waals surface area contributed by atoms with Gasteiger partial charge < -0.3 is 37.5 Å². The smallest absolute Gasteiger partial charge is 0.493 e. The molecular weight excluding hydrogens is 588 g/mol. The zero-order valence-corrected chi connectivity index (χ0v) is 25.4. The number of alkyl halides is 1. The van der Waals surface area contributed by atoms with Crippen LogP contribution in [0, 0.1) is 10.1 Å². The number of hydrogen-bond donors (Lipinski definition) is 1. The summed E-state index contributed by atoms with van der Waals surface area (Å²) in [6, 6.07) is 3.09. The fraction of sp³-hybridized carbons (Fsp3) is 0.652. The Morgan fingerprint density at radius 3 is 2.24 bits per heavy atom. The summed E-state index contributed by atoms with van der Waals surface area (Å²) in [6.07, 6.45) is -0.837. The molecular formula is C23H37BrN2O11Si. The molecule has 0 saturated heterocycles. The van der Waals surface area contributed by atoms with Crippen molar-refractivity contribution in [2.24, 2.45) is 0 Å². The Morgan fingerprint density at radius 2 is 1.71 bits per heavy atom. The van der Waals surface area contributed by atoms with Crippen molar-refractivity contribution in [3.05, 3.63) is 27.8 Å². The lowest BCUT2D eigenvalue weighted by Crippen LogP contribution is -2.43. The predicted octanol–water partition coefficient (Wildman–Crippen LogP) is 4.14. The number of carbonyl (C=O) groups is 2. The molecule has 0 saturated carbocycles. The summed E-state index contributed by atoms with van der Waals surface area (Å²) in [5.41, 5.74) is -0.169. The zero-order valence-electron chi connectivity index (χ0n) is 22.8. The Bertz CT molecular complexity index is 930. The molecule has 1 unspecified atom stereocenters. The van der Waals surface area contributed by atoms with Gasteiger partial charge in [0.2, 0.25) is 0 Å². The maximum atomic E-state index is 12.3. The first kappa shape index (κ1) is 33.6. The number of ether oxygens (including phenoxy) is 4. The third kappa shape index (κ3) is 10.4. The van der Waals surface area contributed by atoms with Crippen molar-refractivity contribution in [1.82, 2.24) is 5.32 Å². The molecule has 1 aromatic rings. The van der Waals surface area contributed by atoms with Crippen LogP contribution >= 0.6 is 15.9 Å². The van der Waals surface area contributed by atoms with Gasteiger partial charge in [0.05, 0.1) is 36.9 Å². The topological polar surface area (TPSA) is 154 Å². The van der Waals surface area contributed by atoms with Crippen molar-refractivity contribution in [2.75, 3.05) is 48.2 Å². The number of alkyl carbamates (subject to hydrolysis) is 1. The standard InChI is InChI=1S/C23H37BrN2O11Si/c1-16(37-22(28)25-10-8-13-38(32-5,33-6)34-7)17-14-19(31-4)20(15-18(17)26(29)30)35-11-9-12-36-21(27)23(2,3)24/h14-16H,8-13H2,1-7H3,(H,25,28). The van der Waals surface area contributed by atoms with Crippen LogP contribution in [0.2, 0.25) is 6.04 Å². The van der Waals surface area contributed by atoms with Crippen LogP contribution in [0.5, 0.6) is 11.5 Å². The molecule has 1 N–H and O–H groups in total. The van der Waals surface area contributed by atoms with E-state index in [1.54, 1.807) is 13.8 Å². The van der Waals surface area contributed by atoms with Crippen molar-refractivity contribution >= 4 is 42.5 Å². The summed E-state index contributed by atoms with van der Waals surface area (Å²) >= 11 is 3.22. The van der Waals surface area contributed by atoms with Gasteiger partial charge in [0.25, 0.3) is 5.69 Å². The first-order valence-corrected chi connectivity index (χ1v) is 14.5. The number of nitrogens with one attached hydrogen (secondary N) is 1. The average molecular weight is 626 g/mol. The Labute approximate surface area is 232 Å². The summed E-state index contributed by atoms with van der Waals surface area (Å²) in [5.74, 6) is -0.0585. The van der Waals surface area contributed by atoms with Gasteiger partial charge in [-0.25, -0.2) is 4.79 Å². The highest BCUT2D eigenvalue weighted by molar-refractivity contribution is 9.10. The monoisotopic (exact) mass is 624 g/mol. The number of hydrogen-bond acceptors (Lipinski definition) is 11. The van der Waals surface area contributed by atoms with Crippen molar-refractivity contribution in [2.45, 2.75) is 50.1 Å². The largest absolute Gasteiger partial charge is 0.500 e.